The van der Waals surface area contributed by atoms with Gasteiger partial charge in [-0.25, -0.2) is 19.2 Å². The molecule has 15 fully saturated rings. The Morgan fingerprint density at radius 2 is 0.629 bits per heavy atom. The third kappa shape index (κ3) is 18.4. The standard InChI is InChI=1S/C57H62O11.C29H48O7.C29H46O7/c1-33(2)39-30-44(64-45(59)31-39)34(3)41-32-42(58)47-46-40(26-28-57(41,47)5)56(4)29-27-43(65-52(60)35-18-10-6-11-19-35)49(66-53(61)36-20-12-7-13-21-36)48(56)51(68-55(63)38-24-16-9-17-25-38)50(46)67-54(62)37-22-14-8-15-23-37;2*1-13(2)15-10-20(36-21(32)11-15)14(3)17-12-19(31)23-22-16(6-8-29(17,23)5)28(4)9-7-18(30)25(33)24(28)27(35)26(22)34/h6-25,33-34,39-41,43-44,46-51H,26-32H2,1-5H3;13-18,20-27,30,32-35H,6-12H2,1-5H3;13-18,20,22-27,30,33-35H,6-12H2,1-5H3/t34?,39?,40?,41?,43-,44?,46?,47?,48?,49+,50-,51-,56-,57-;14?,15?,16?,17?,18-,20?,21?,22?,23?,24?,25+,26-,27-,28-,29-;14?,15?,16?,17?,18-,20?,22?,23?,24?,25+,26-,27-,28-,29-/m111/s1. The smallest absolute Gasteiger partial charge is 0.338 e. The minimum Gasteiger partial charge on any atom is -0.462 e. The van der Waals surface area contributed by atoms with Gasteiger partial charge in [-0.1, -0.05) is 177 Å². The molecular formula is C115H156O25. The molecule has 25 nitrogen and oxygen atoms in total. The zero-order valence-electron chi connectivity index (χ0n) is 84.5. The number of hydrogen-bond donors (Lipinski definition) is 9. The average Bonchev–Trinajstić information content (AvgIpc) is 1.63. The number of hydrogen-bond acceptors (Lipinski definition) is 25. The van der Waals surface area contributed by atoms with Gasteiger partial charge in [0.15, 0.2) is 6.29 Å². The van der Waals surface area contributed by atoms with Crippen molar-refractivity contribution in [3.63, 3.8) is 0 Å². The number of cyclic esters (lactones) is 2. The molecule has 12 saturated carbocycles. The first-order valence-electron chi connectivity index (χ1n) is 53.1. The molecule has 0 radical (unpaired) electrons. The van der Waals surface area contributed by atoms with E-state index < -0.39 is 155 Å². The lowest BCUT2D eigenvalue weighted by Crippen LogP contribution is -2.70. The van der Waals surface area contributed by atoms with E-state index in [1.165, 1.54) is 0 Å². The number of ketones is 3. The first-order valence-corrected chi connectivity index (χ1v) is 53.1. The van der Waals surface area contributed by atoms with Gasteiger partial charge in [0.05, 0.1) is 77.2 Å². The summed E-state index contributed by atoms with van der Waals surface area (Å²) in [6, 6.07) is 34.2. The second-order valence-corrected chi connectivity index (χ2v) is 48.9. The maximum atomic E-state index is 15.2. The van der Waals surface area contributed by atoms with E-state index in [9.17, 15) is 84.3 Å². The lowest BCUT2D eigenvalue weighted by Gasteiger charge is -2.64. The molecule has 19 rings (SSSR count). The van der Waals surface area contributed by atoms with Crippen molar-refractivity contribution < 1.29 is 122 Å². The van der Waals surface area contributed by atoms with E-state index in [0.717, 1.165) is 44.9 Å². The molecule has 0 bridgehead atoms. The van der Waals surface area contributed by atoms with Gasteiger partial charge in [-0.2, -0.15) is 0 Å². The zero-order chi connectivity index (χ0) is 101. The molecule has 25 unspecified atom stereocenters. The van der Waals surface area contributed by atoms with Gasteiger partial charge in [0.1, 0.15) is 54.0 Å². The number of Topliss-reactive ketones (excluding diaryl/α,β-unsaturated/α-hetero) is 3. The van der Waals surface area contributed by atoms with Gasteiger partial charge in [-0.15, -0.1) is 0 Å². The molecule has 766 valence electrons. The molecule has 3 aliphatic heterocycles. The predicted molar refractivity (Wildman–Crippen MR) is 517 cm³/mol. The lowest BCUT2D eigenvalue weighted by molar-refractivity contribution is -0.251. The second kappa shape index (κ2) is 40.3. The molecule has 0 aromatic heterocycles. The van der Waals surface area contributed by atoms with Crippen LogP contribution in [0.1, 0.15) is 280 Å². The summed E-state index contributed by atoms with van der Waals surface area (Å²) in [4.78, 5) is 126. The highest BCUT2D eigenvalue weighted by atomic mass is 16.6. The van der Waals surface area contributed by atoms with Crippen LogP contribution in [0.4, 0.5) is 0 Å². The maximum absolute atomic E-state index is 15.2. The molecule has 3 heterocycles. The van der Waals surface area contributed by atoms with Crippen molar-refractivity contribution in [3.05, 3.63) is 144 Å². The van der Waals surface area contributed by atoms with Crippen molar-refractivity contribution in [3.8, 4) is 0 Å². The summed E-state index contributed by atoms with van der Waals surface area (Å²) in [7, 11) is 0. The van der Waals surface area contributed by atoms with Gasteiger partial charge in [0, 0.05) is 91.8 Å². The molecule has 4 aromatic carbocycles. The molecule has 25 heteroatoms. The number of fused-ring (bicyclic) bond motifs is 15. The molecule has 140 heavy (non-hydrogen) atoms. The van der Waals surface area contributed by atoms with Crippen molar-refractivity contribution in [2.45, 2.75) is 337 Å². The molecule has 4 aromatic rings. The number of carbonyl (C=O) groups excluding carboxylic acids is 9. The van der Waals surface area contributed by atoms with E-state index in [4.69, 9.17) is 33.2 Å². The van der Waals surface area contributed by atoms with Gasteiger partial charge < -0.3 is 79.1 Å². The van der Waals surface area contributed by atoms with E-state index in [1.54, 1.807) is 121 Å². The first-order chi connectivity index (χ1) is 66.3. The largest absolute Gasteiger partial charge is 0.462 e. The van der Waals surface area contributed by atoms with Crippen molar-refractivity contribution in [2.75, 3.05) is 0 Å². The zero-order valence-corrected chi connectivity index (χ0v) is 84.5. The second-order valence-electron chi connectivity index (χ2n) is 48.9. The molecule has 9 N–H and O–H groups in total. The summed E-state index contributed by atoms with van der Waals surface area (Å²) >= 11 is 0. The Kier molecular flexibility index (Phi) is 29.8. The Morgan fingerprint density at radius 3 is 1.00 bits per heavy atom. The molecule has 43 atom stereocenters. The van der Waals surface area contributed by atoms with Crippen LogP contribution in [-0.2, 0) is 57.1 Å². The third-order valence-corrected chi connectivity index (χ3v) is 41.2. The van der Waals surface area contributed by atoms with E-state index >= 15 is 4.79 Å². The van der Waals surface area contributed by atoms with Gasteiger partial charge >= 0.3 is 35.8 Å². The van der Waals surface area contributed by atoms with Crippen molar-refractivity contribution >= 4 is 53.2 Å². The topological polar surface area (TPSA) is 400 Å². The van der Waals surface area contributed by atoms with Gasteiger partial charge in [0.2, 0.25) is 0 Å². The lowest BCUT2D eigenvalue weighted by atomic mass is 9.42. The van der Waals surface area contributed by atoms with Crippen molar-refractivity contribution in [2.24, 2.45) is 175 Å². The highest BCUT2D eigenvalue weighted by Crippen LogP contribution is 2.73. The fourth-order valence-electron chi connectivity index (χ4n) is 33.4. The number of aliphatic hydroxyl groups is 9. The van der Waals surface area contributed by atoms with Crippen LogP contribution in [-0.4, -0.2) is 197 Å². The van der Waals surface area contributed by atoms with Gasteiger partial charge in [-0.3, -0.25) is 24.0 Å². The van der Waals surface area contributed by atoms with Crippen LogP contribution in [0.15, 0.2) is 121 Å². The van der Waals surface area contributed by atoms with Crippen LogP contribution in [0.5, 0.6) is 0 Å². The Morgan fingerprint density at radius 1 is 0.321 bits per heavy atom. The molecule has 0 amide bonds. The fraction of sp³-hybridized carbons (Fsp3) is 0.713. The average molecular weight is 1940 g/mol. The summed E-state index contributed by atoms with van der Waals surface area (Å²) in [5.41, 5.74) is -1.83. The number of esters is 6. The number of aliphatic hydroxyl groups excluding tert-OH is 9. The minimum absolute atomic E-state index is 0.00281. The quantitative estimate of drug-likeness (QED) is 0.0350. The molecule has 12 aliphatic carbocycles. The highest BCUT2D eigenvalue weighted by Gasteiger charge is 2.75. The summed E-state index contributed by atoms with van der Waals surface area (Å²) in [5, 5.41) is 98.2. The Hall–Kier alpha value is -7.69. The number of benzene rings is 4. The Bertz CT molecular complexity index is 5130. The molecule has 15 aliphatic rings. The summed E-state index contributed by atoms with van der Waals surface area (Å²) < 4.78 is 44.6. The Balaban J connectivity index is 0.000000158. The molecule has 0 spiro atoms. The number of ether oxygens (including phenoxy) is 7. The van der Waals surface area contributed by atoms with Crippen molar-refractivity contribution in [1.82, 2.24) is 0 Å². The monoisotopic (exact) mass is 1940 g/mol. The van der Waals surface area contributed by atoms with Gasteiger partial charge in [-0.05, 0) is 266 Å². The van der Waals surface area contributed by atoms with Crippen molar-refractivity contribution in [1.29, 1.82) is 0 Å². The number of carbonyl (C=O) groups is 9. The summed E-state index contributed by atoms with van der Waals surface area (Å²) in [5.74, 6) is -5.71. The highest BCUT2D eigenvalue weighted by molar-refractivity contribution is 5.93. The summed E-state index contributed by atoms with van der Waals surface area (Å²) in [6.07, 6.45) is -1.99. The third-order valence-electron chi connectivity index (χ3n) is 41.2. The van der Waals surface area contributed by atoms with Gasteiger partial charge in [0.25, 0.3) is 0 Å². The minimum atomic E-state index is -1.29. The normalized spacial score (nSPS) is 44.5. The van der Waals surface area contributed by atoms with E-state index in [1.807, 2.05) is 0 Å². The van der Waals surface area contributed by atoms with E-state index in [2.05, 4.69) is 104 Å². The fourth-order valence-corrected chi connectivity index (χ4v) is 33.4. The maximum Gasteiger partial charge on any atom is 0.338 e. The van der Waals surface area contributed by atoms with Crippen LogP contribution in [0.2, 0.25) is 0 Å². The van der Waals surface area contributed by atoms with Crippen LogP contribution >= 0.6 is 0 Å². The predicted octanol–water partition coefficient (Wildman–Crippen LogP) is 15.4. The summed E-state index contributed by atoms with van der Waals surface area (Å²) in [6.45, 7) is 32.2. The van der Waals surface area contributed by atoms with Crippen LogP contribution in [0.3, 0.4) is 0 Å². The SMILES string of the molecule is CC(C)C1CC(=O)OC(C(C)C2CC(=O)C3C4C(CC[C@]23C)[C@@]2(C)CC[C@@H](O)[C@H](O)C2[C@@H](O)[C@@H]4O)C1.CC(C)C1CC(=O)OC(C(C)C2CC(=O)C3C4C(CC[C@]23C)[C@@]2(C)CC[C@@H](OC(=O)c3ccccc3)[C@H](OC(=O)c3ccccc3)C2[C@@H](OC(=O)c2ccccc2)[C@@H]4OC(=O)c2ccccc2)C1.CC(C)C1CC(O)OC(C(C)C2CC(=O)C3C4C(CC[C@]23C)[C@@]2(C)CC[C@@H](O)[C@H](O)C2[C@@H](O)[C@@H]4O)C1. The first kappa shape index (κ1) is 104. The molecular weight excluding hydrogens is 1780 g/mol. The van der Waals surface area contributed by atoms with E-state index in [0.29, 0.717) is 113 Å². The van der Waals surface area contributed by atoms with E-state index in [-0.39, 0.29) is 170 Å². The Labute approximate surface area is 825 Å². The van der Waals surface area contributed by atoms with Crippen LogP contribution < -0.4 is 0 Å². The number of rotatable bonds is 17. The van der Waals surface area contributed by atoms with Crippen LogP contribution in [0, 0.1) is 175 Å². The molecule has 3 saturated heterocycles. The van der Waals surface area contributed by atoms with Crippen LogP contribution in [0.25, 0.3) is 0 Å².